The van der Waals surface area contributed by atoms with Crippen molar-refractivity contribution in [1.82, 2.24) is 24.7 Å². The fourth-order valence-electron chi connectivity index (χ4n) is 8.79. The maximum atomic E-state index is 13.5. The number of nitrogens with one attached hydrogen (secondary N) is 4. The SMILES string of the molecule is CCOc1cc(O)c(C(=O)/C=C/c2ccc(NCCOCCOCCCOCCNc3cccc4c3C(=O)N(C3CCC(=O)NC3=O)C4=O)cc2Cl)cc1CN1CCC=C(n2c(=O)[nH]c3ccccc32)C1. The average molecular weight is 991 g/mol. The maximum absolute atomic E-state index is 13.5. The number of nitrogens with zero attached hydrogens (tertiary/aromatic N) is 3. The number of halogens is 1. The zero-order chi connectivity index (χ0) is 49.9. The Morgan fingerprint density at radius 3 is 2.45 bits per heavy atom. The van der Waals surface area contributed by atoms with Crippen molar-refractivity contribution in [2.24, 2.45) is 0 Å². The summed E-state index contributed by atoms with van der Waals surface area (Å²) in [4.78, 5) is 82.8. The molecule has 1 saturated heterocycles. The van der Waals surface area contributed by atoms with Gasteiger partial charge in [-0.3, -0.25) is 43.7 Å². The molecular formula is C52H56ClN7O11. The Hall–Kier alpha value is -7.09. The Balaban J connectivity index is 0.709. The molecule has 0 saturated carbocycles. The van der Waals surface area contributed by atoms with Crippen LogP contribution in [0.2, 0.25) is 5.02 Å². The molecule has 372 valence electrons. The van der Waals surface area contributed by atoms with Crippen LogP contribution in [-0.2, 0) is 30.3 Å². The van der Waals surface area contributed by atoms with Crippen LogP contribution < -0.4 is 26.4 Å². The van der Waals surface area contributed by atoms with Gasteiger partial charge in [0.05, 0.1) is 60.8 Å². The van der Waals surface area contributed by atoms with Gasteiger partial charge in [-0.05, 0) is 86.4 Å². The predicted molar refractivity (Wildman–Crippen MR) is 268 cm³/mol. The highest BCUT2D eigenvalue weighted by Gasteiger charge is 2.45. The normalized spacial score (nSPS) is 16.2. The summed E-state index contributed by atoms with van der Waals surface area (Å²) in [7, 11) is 0. The first-order valence-electron chi connectivity index (χ1n) is 23.7. The molecule has 0 bridgehead atoms. The van der Waals surface area contributed by atoms with Gasteiger partial charge in [-0.15, -0.1) is 0 Å². The van der Waals surface area contributed by atoms with E-state index in [1.165, 1.54) is 12.1 Å². The second-order valence-corrected chi connectivity index (χ2v) is 17.4. The van der Waals surface area contributed by atoms with Crippen LogP contribution in [0.1, 0.15) is 74.8 Å². The second-order valence-electron chi connectivity index (χ2n) is 17.0. The van der Waals surface area contributed by atoms with Crippen LogP contribution >= 0.6 is 11.6 Å². The van der Waals surface area contributed by atoms with Crippen molar-refractivity contribution in [1.29, 1.82) is 0 Å². The van der Waals surface area contributed by atoms with Crippen molar-refractivity contribution in [2.45, 2.75) is 45.2 Å². The lowest BCUT2D eigenvalue weighted by Gasteiger charge is -2.28. The van der Waals surface area contributed by atoms with Gasteiger partial charge in [0, 0.05) is 86.1 Å². The summed E-state index contributed by atoms with van der Waals surface area (Å²) in [6, 6.07) is 20.0. The van der Waals surface area contributed by atoms with Crippen LogP contribution in [0.5, 0.6) is 11.5 Å². The molecule has 5 aromatic rings. The molecule has 5 N–H and O–H groups in total. The van der Waals surface area contributed by atoms with E-state index in [1.54, 1.807) is 47.0 Å². The van der Waals surface area contributed by atoms with Crippen LogP contribution in [0.3, 0.4) is 0 Å². The summed E-state index contributed by atoms with van der Waals surface area (Å²) in [6.45, 7) is 7.35. The van der Waals surface area contributed by atoms with Crippen molar-refractivity contribution in [2.75, 3.05) is 83.1 Å². The minimum absolute atomic E-state index is 0.0538. The molecule has 4 heterocycles. The first kappa shape index (κ1) is 50.3. The van der Waals surface area contributed by atoms with Crippen LogP contribution in [0.25, 0.3) is 22.8 Å². The molecule has 1 unspecified atom stereocenters. The maximum Gasteiger partial charge on any atom is 0.330 e. The molecule has 0 spiro atoms. The molecule has 0 radical (unpaired) electrons. The summed E-state index contributed by atoms with van der Waals surface area (Å²) in [5.74, 6) is -2.31. The molecule has 4 aromatic carbocycles. The van der Waals surface area contributed by atoms with Gasteiger partial charge >= 0.3 is 5.69 Å². The number of aromatic amines is 1. The number of phenols is 1. The zero-order valence-corrected chi connectivity index (χ0v) is 40.1. The average Bonchev–Trinajstić information content (AvgIpc) is 3.83. The lowest BCUT2D eigenvalue weighted by atomic mass is 10.0. The number of benzene rings is 4. The molecule has 8 rings (SSSR count). The number of H-pyrrole nitrogens is 1. The van der Waals surface area contributed by atoms with E-state index in [4.69, 9.17) is 30.5 Å². The van der Waals surface area contributed by atoms with Crippen molar-refractivity contribution in [3.8, 4) is 11.5 Å². The van der Waals surface area contributed by atoms with E-state index in [2.05, 4.69) is 31.9 Å². The molecule has 1 fully saturated rings. The molecule has 3 aliphatic rings. The molecule has 1 atom stereocenters. The number of anilines is 2. The van der Waals surface area contributed by atoms with Crippen molar-refractivity contribution >= 4 is 75.2 Å². The summed E-state index contributed by atoms with van der Waals surface area (Å²) >= 11 is 6.61. The number of imide groups is 2. The summed E-state index contributed by atoms with van der Waals surface area (Å²) in [6.07, 6.45) is 6.62. The number of aromatic hydroxyl groups is 1. The number of allylic oxidation sites excluding steroid dienone is 1. The molecule has 71 heavy (non-hydrogen) atoms. The number of hydrogen-bond donors (Lipinski definition) is 5. The van der Waals surface area contributed by atoms with Gasteiger partial charge in [0.2, 0.25) is 11.8 Å². The fraction of sp³-hybridized carbons (Fsp3) is 0.346. The van der Waals surface area contributed by atoms with Gasteiger partial charge in [-0.1, -0.05) is 41.9 Å². The van der Waals surface area contributed by atoms with Crippen LogP contribution in [0.15, 0.2) is 89.7 Å². The monoisotopic (exact) mass is 989 g/mol. The third kappa shape index (κ3) is 12.1. The molecule has 3 aliphatic heterocycles. The Kier molecular flexibility index (Phi) is 16.8. The number of piperidine rings is 1. The van der Waals surface area contributed by atoms with E-state index in [0.717, 1.165) is 45.8 Å². The number of ketones is 1. The van der Waals surface area contributed by atoms with E-state index >= 15 is 0 Å². The van der Waals surface area contributed by atoms with E-state index < -0.39 is 35.5 Å². The van der Waals surface area contributed by atoms with E-state index in [-0.39, 0.29) is 41.0 Å². The summed E-state index contributed by atoms with van der Waals surface area (Å²) in [5, 5.41) is 20.0. The Bertz CT molecular complexity index is 2930. The number of imidazole rings is 1. The van der Waals surface area contributed by atoms with E-state index in [9.17, 15) is 33.9 Å². The number of amides is 4. The van der Waals surface area contributed by atoms with Crippen LogP contribution in [0, 0.1) is 0 Å². The number of aromatic nitrogens is 2. The lowest BCUT2D eigenvalue weighted by Crippen LogP contribution is -2.54. The first-order valence-corrected chi connectivity index (χ1v) is 24.1. The van der Waals surface area contributed by atoms with Crippen LogP contribution in [-0.4, -0.2) is 132 Å². The molecule has 18 nitrogen and oxygen atoms in total. The largest absolute Gasteiger partial charge is 0.507 e. The number of hydrogen-bond acceptors (Lipinski definition) is 14. The number of carbonyl (C=O) groups excluding carboxylic acids is 5. The van der Waals surface area contributed by atoms with Gasteiger partial charge in [0.1, 0.15) is 17.5 Å². The van der Waals surface area contributed by atoms with Gasteiger partial charge in [0.25, 0.3) is 11.8 Å². The van der Waals surface area contributed by atoms with Gasteiger partial charge in [-0.25, -0.2) is 4.79 Å². The summed E-state index contributed by atoms with van der Waals surface area (Å²) < 4.78 is 24.7. The molecular weight excluding hydrogens is 934 g/mol. The number of para-hydroxylation sites is 2. The van der Waals surface area contributed by atoms with Crippen LogP contribution in [0.4, 0.5) is 11.4 Å². The predicted octanol–water partition coefficient (Wildman–Crippen LogP) is 6.10. The third-order valence-corrected chi connectivity index (χ3v) is 12.5. The van der Waals surface area contributed by atoms with E-state index in [1.807, 2.05) is 37.3 Å². The molecule has 4 amide bonds. The minimum atomic E-state index is -1.03. The number of carbonyl (C=O) groups is 5. The van der Waals surface area contributed by atoms with Gasteiger partial charge in [-0.2, -0.15) is 0 Å². The lowest BCUT2D eigenvalue weighted by molar-refractivity contribution is -0.136. The quantitative estimate of drug-likeness (QED) is 0.0204. The van der Waals surface area contributed by atoms with Crippen molar-refractivity contribution in [3.05, 3.63) is 128 Å². The number of phenolic OH excluding ortho intramolecular Hbond substituents is 1. The number of ether oxygens (including phenoxy) is 4. The minimum Gasteiger partial charge on any atom is -0.507 e. The number of fused-ring (bicyclic) bond motifs is 2. The van der Waals surface area contributed by atoms with Gasteiger partial charge in [0.15, 0.2) is 5.78 Å². The second kappa shape index (κ2) is 23.7. The standard InChI is InChI=1S/C52H56ClN7O11/c1-2-71-46-30-45(62)38(28-34(46)31-58-21-6-8-36(32-58)59-42-12-4-3-10-40(42)56-52(59)67)44(61)17-14-33-13-15-35(29-39(33)53)54-19-24-70-27-26-69-23-7-22-68-25-20-55-41-11-5-9-37-48(41)51(66)60(50(37)65)43-16-18-47(63)57-49(43)64/h3-5,8-15,17,28-30,43,54-55,62H,2,6-7,16,18-27,31-32H2,1H3,(H,56,67)(H,57,63,64)/b17-14+. The molecule has 1 aromatic heterocycles. The van der Waals surface area contributed by atoms with Gasteiger partial charge < -0.3 is 39.7 Å². The van der Waals surface area contributed by atoms with E-state index in [0.29, 0.717) is 101 Å². The fourth-order valence-corrected chi connectivity index (χ4v) is 9.03. The van der Waals surface area contributed by atoms with Crippen molar-refractivity contribution in [3.63, 3.8) is 0 Å². The van der Waals surface area contributed by atoms with Crippen molar-refractivity contribution < 1.29 is 48.0 Å². The Morgan fingerprint density at radius 1 is 0.887 bits per heavy atom. The highest BCUT2D eigenvalue weighted by atomic mass is 35.5. The summed E-state index contributed by atoms with van der Waals surface area (Å²) in [5.41, 5.74) is 5.40. The first-order chi connectivity index (χ1) is 34.5. The highest BCUT2D eigenvalue weighted by molar-refractivity contribution is 6.32. The topological polar surface area (TPSA) is 223 Å². The molecule has 19 heteroatoms. The third-order valence-electron chi connectivity index (χ3n) is 12.2. The molecule has 0 aliphatic carbocycles. The smallest absolute Gasteiger partial charge is 0.330 e. The Morgan fingerprint density at radius 2 is 1.66 bits per heavy atom. The zero-order valence-electron chi connectivity index (χ0n) is 39.3. The Labute approximate surface area is 414 Å². The number of rotatable bonds is 24. The highest BCUT2D eigenvalue weighted by Crippen LogP contribution is 2.34.